The summed E-state index contributed by atoms with van der Waals surface area (Å²) in [7, 11) is 1.56. The molecule has 4 N–H and O–H groups in total. The Hall–Kier alpha value is -2.09. The van der Waals surface area contributed by atoms with E-state index in [9.17, 15) is 4.79 Å². The van der Waals surface area contributed by atoms with Crippen molar-refractivity contribution in [3.8, 4) is 11.3 Å². The zero-order chi connectivity index (χ0) is 18.1. The molecule has 0 saturated heterocycles. The highest BCUT2D eigenvalue weighted by molar-refractivity contribution is 7.21. The summed E-state index contributed by atoms with van der Waals surface area (Å²) < 4.78 is 0. The van der Waals surface area contributed by atoms with Crippen LogP contribution in [0.3, 0.4) is 0 Å². The lowest BCUT2D eigenvalue weighted by molar-refractivity contribution is 0.0968. The number of aromatic nitrogens is 2. The zero-order valence-electron chi connectivity index (χ0n) is 13.5. The maximum absolute atomic E-state index is 12.1. The summed E-state index contributed by atoms with van der Waals surface area (Å²) in [6, 6.07) is 5.22. The minimum Gasteiger partial charge on any atom is -0.397 e. The molecule has 0 unspecified atom stereocenters. The number of nitrogens with two attached hydrogens (primary N) is 1. The van der Waals surface area contributed by atoms with Crippen molar-refractivity contribution in [2.45, 2.75) is 6.92 Å². The molecule has 0 fully saturated rings. The number of carbonyl (C=O) groups excluding carboxylic acids is 1. The molecule has 1 aromatic carbocycles. The largest absolute Gasteiger partial charge is 0.397 e. The van der Waals surface area contributed by atoms with Gasteiger partial charge in [0.15, 0.2) is 0 Å². The van der Waals surface area contributed by atoms with E-state index in [2.05, 4.69) is 20.6 Å². The van der Waals surface area contributed by atoms with Gasteiger partial charge in [0.1, 0.15) is 9.71 Å². The van der Waals surface area contributed by atoms with Gasteiger partial charge in [0, 0.05) is 19.2 Å². The first kappa shape index (κ1) is 17.7. The average Bonchev–Trinajstić information content (AvgIpc) is 2.93. The first-order chi connectivity index (χ1) is 12.0. The maximum atomic E-state index is 12.1. The fourth-order valence-corrected chi connectivity index (χ4v) is 3.73. The van der Waals surface area contributed by atoms with Crippen LogP contribution in [0.5, 0.6) is 0 Å². The van der Waals surface area contributed by atoms with Gasteiger partial charge in [0.05, 0.1) is 26.8 Å². The molecular formula is C16H15Cl2N5OS. The summed E-state index contributed by atoms with van der Waals surface area (Å²) in [5.41, 5.74) is 7.93. The molecule has 6 nitrogen and oxygen atoms in total. The van der Waals surface area contributed by atoms with E-state index in [1.54, 1.807) is 19.2 Å². The number of nitrogen functional groups attached to an aromatic ring is 1. The predicted octanol–water partition coefficient (Wildman–Crippen LogP) is 4.04. The number of hydrogen-bond donors (Lipinski definition) is 3. The van der Waals surface area contributed by atoms with Crippen LogP contribution in [0.25, 0.3) is 21.5 Å². The lowest BCUT2D eigenvalue weighted by Gasteiger charge is -2.09. The van der Waals surface area contributed by atoms with Crippen LogP contribution >= 0.6 is 34.5 Å². The maximum Gasteiger partial charge on any atom is 0.263 e. The number of rotatable bonds is 4. The van der Waals surface area contributed by atoms with E-state index >= 15 is 0 Å². The van der Waals surface area contributed by atoms with Crippen LogP contribution in [0.15, 0.2) is 18.2 Å². The Balaban J connectivity index is 2.32. The summed E-state index contributed by atoms with van der Waals surface area (Å²) in [5.74, 6) is 0.200. The Kier molecular flexibility index (Phi) is 4.99. The van der Waals surface area contributed by atoms with Crippen LogP contribution in [0.4, 0.5) is 11.6 Å². The first-order valence-corrected chi connectivity index (χ1v) is 9.04. The van der Waals surface area contributed by atoms with Crippen molar-refractivity contribution in [3.63, 3.8) is 0 Å². The third kappa shape index (κ3) is 3.22. The molecule has 1 amide bonds. The number of thiophene rings is 1. The van der Waals surface area contributed by atoms with Crippen molar-refractivity contribution < 1.29 is 4.79 Å². The van der Waals surface area contributed by atoms with E-state index in [1.165, 1.54) is 11.3 Å². The van der Waals surface area contributed by atoms with Gasteiger partial charge in [-0.25, -0.2) is 9.97 Å². The Morgan fingerprint density at radius 2 is 2.04 bits per heavy atom. The second-order valence-corrected chi connectivity index (χ2v) is 6.97. The van der Waals surface area contributed by atoms with Crippen LogP contribution in [0.2, 0.25) is 10.0 Å². The van der Waals surface area contributed by atoms with Gasteiger partial charge in [0.2, 0.25) is 5.95 Å². The highest BCUT2D eigenvalue weighted by Gasteiger charge is 2.21. The number of fused-ring (bicyclic) bond motifs is 1. The number of amides is 1. The van der Waals surface area contributed by atoms with E-state index in [1.807, 2.05) is 13.0 Å². The van der Waals surface area contributed by atoms with Crippen LogP contribution in [-0.4, -0.2) is 29.5 Å². The van der Waals surface area contributed by atoms with Crippen molar-refractivity contribution >= 4 is 62.3 Å². The van der Waals surface area contributed by atoms with Gasteiger partial charge in [-0.3, -0.25) is 4.79 Å². The lowest BCUT2D eigenvalue weighted by Crippen LogP contribution is -2.17. The fraction of sp³-hybridized carbons (Fsp3) is 0.188. The van der Waals surface area contributed by atoms with Gasteiger partial charge in [-0.1, -0.05) is 29.3 Å². The van der Waals surface area contributed by atoms with Crippen molar-refractivity contribution in [1.82, 2.24) is 15.3 Å². The molecule has 2 aromatic heterocycles. The van der Waals surface area contributed by atoms with Crippen LogP contribution in [0.1, 0.15) is 16.6 Å². The fourth-order valence-electron chi connectivity index (χ4n) is 2.39. The SMILES string of the molecule is CCNc1nc(-c2ccc(Cl)c(Cl)c2)c2c(N)c(C(=O)NC)sc2n1. The normalized spacial score (nSPS) is 10.9. The van der Waals surface area contributed by atoms with Crippen molar-refractivity contribution in [2.24, 2.45) is 0 Å². The topological polar surface area (TPSA) is 92.9 Å². The molecule has 0 atom stereocenters. The smallest absolute Gasteiger partial charge is 0.263 e. The summed E-state index contributed by atoms with van der Waals surface area (Å²) in [5, 5.41) is 7.17. The Labute approximate surface area is 158 Å². The molecule has 0 aliphatic carbocycles. The van der Waals surface area contributed by atoms with E-state index in [-0.39, 0.29) is 5.91 Å². The molecule has 0 saturated carbocycles. The number of carbonyl (C=O) groups is 1. The first-order valence-electron chi connectivity index (χ1n) is 7.47. The molecular weight excluding hydrogens is 381 g/mol. The predicted molar refractivity (Wildman–Crippen MR) is 105 cm³/mol. The van der Waals surface area contributed by atoms with Crippen molar-refractivity contribution in [1.29, 1.82) is 0 Å². The Bertz CT molecular complexity index is 973. The number of nitrogens with zero attached hydrogens (tertiary/aromatic N) is 2. The molecule has 9 heteroatoms. The number of anilines is 2. The summed E-state index contributed by atoms with van der Waals surface area (Å²) >= 11 is 13.4. The molecule has 130 valence electrons. The van der Waals surface area contributed by atoms with Gasteiger partial charge in [-0.2, -0.15) is 0 Å². The van der Waals surface area contributed by atoms with Gasteiger partial charge in [-0.15, -0.1) is 11.3 Å². The van der Waals surface area contributed by atoms with E-state index in [4.69, 9.17) is 28.9 Å². The quantitative estimate of drug-likeness (QED) is 0.619. The zero-order valence-corrected chi connectivity index (χ0v) is 15.8. The van der Waals surface area contributed by atoms with Gasteiger partial charge in [0.25, 0.3) is 5.91 Å². The Morgan fingerprint density at radius 1 is 1.28 bits per heavy atom. The third-order valence-electron chi connectivity index (χ3n) is 3.55. The minimum atomic E-state index is -0.259. The van der Waals surface area contributed by atoms with Crippen molar-refractivity contribution in [3.05, 3.63) is 33.1 Å². The van der Waals surface area contributed by atoms with Gasteiger partial charge in [-0.05, 0) is 19.1 Å². The highest BCUT2D eigenvalue weighted by Crippen LogP contribution is 2.40. The third-order valence-corrected chi connectivity index (χ3v) is 5.39. The summed E-state index contributed by atoms with van der Waals surface area (Å²) in [6.45, 7) is 2.61. The van der Waals surface area contributed by atoms with E-state index in [0.29, 0.717) is 49.0 Å². The highest BCUT2D eigenvalue weighted by atomic mass is 35.5. The average molecular weight is 396 g/mol. The molecule has 25 heavy (non-hydrogen) atoms. The molecule has 3 aromatic rings. The molecule has 2 heterocycles. The summed E-state index contributed by atoms with van der Waals surface area (Å²) in [4.78, 5) is 22.1. The van der Waals surface area contributed by atoms with E-state index < -0.39 is 0 Å². The molecule has 0 bridgehead atoms. The van der Waals surface area contributed by atoms with E-state index in [0.717, 1.165) is 5.56 Å². The second kappa shape index (κ2) is 7.03. The molecule has 0 aliphatic heterocycles. The number of nitrogens with one attached hydrogen (secondary N) is 2. The molecule has 0 spiro atoms. The summed E-state index contributed by atoms with van der Waals surface area (Å²) in [6.07, 6.45) is 0. The minimum absolute atomic E-state index is 0.259. The number of benzene rings is 1. The van der Waals surface area contributed by atoms with Crippen molar-refractivity contribution in [2.75, 3.05) is 24.6 Å². The molecule has 0 radical (unpaired) electrons. The number of hydrogen-bond acceptors (Lipinski definition) is 6. The van der Waals surface area contributed by atoms with Gasteiger partial charge < -0.3 is 16.4 Å². The van der Waals surface area contributed by atoms with Gasteiger partial charge >= 0.3 is 0 Å². The van der Waals surface area contributed by atoms with Crippen LogP contribution < -0.4 is 16.4 Å². The van der Waals surface area contributed by atoms with Crippen LogP contribution in [0, 0.1) is 0 Å². The van der Waals surface area contributed by atoms with Crippen LogP contribution in [-0.2, 0) is 0 Å². The second-order valence-electron chi connectivity index (χ2n) is 5.16. The monoisotopic (exact) mass is 395 g/mol. The number of halogens is 2. The lowest BCUT2D eigenvalue weighted by atomic mass is 10.1. The molecule has 0 aliphatic rings. The molecule has 3 rings (SSSR count). The Morgan fingerprint density at radius 3 is 2.68 bits per heavy atom. The standard InChI is InChI=1S/C16H15Cl2N5OS/c1-3-21-16-22-12(7-4-5-8(17)9(18)6-7)10-11(19)13(14(24)20-2)25-15(10)23-16/h4-6H,3,19H2,1-2H3,(H,20,24)(H,21,22,23).